The van der Waals surface area contributed by atoms with Crippen LogP contribution < -0.4 is 9.75 Å². The number of ether oxygens (including phenoxy) is 1. The number of hydrazone groups is 1. The van der Waals surface area contributed by atoms with Crippen LogP contribution in [0.1, 0.15) is 23.8 Å². The van der Waals surface area contributed by atoms with Crippen LogP contribution in [0.15, 0.2) is 81.8 Å². The molecule has 4 aromatic rings. The van der Waals surface area contributed by atoms with Gasteiger partial charge in [-0.05, 0) is 54.1 Å². The zero-order chi connectivity index (χ0) is 20.5. The van der Waals surface area contributed by atoms with Crippen molar-refractivity contribution >= 4 is 33.8 Å². The van der Waals surface area contributed by atoms with Crippen LogP contribution in [0.4, 0.5) is 5.13 Å². The molecule has 30 heavy (non-hydrogen) atoms. The molecule has 2 aromatic heterocycles. The Morgan fingerprint density at radius 1 is 1.07 bits per heavy atom. The lowest BCUT2D eigenvalue weighted by Crippen LogP contribution is -2.17. The molecule has 150 valence electrons. The molecule has 3 heterocycles. The Hall–Kier alpha value is -3.09. The third kappa shape index (κ3) is 3.60. The number of anilines is 1. The third-order valence-electron chi connectivity index (χ3n) is 5.03. The van der Waals surface area contributed by atoms with E-state index >= 15 is 0 Å². The summed E-state index contributed by atoms with van der Waals surface area (Å²) in [5.41, 5.74) is 3.97. The summed E-state index contributed by atoms with van der Waals surface area (Å²) in [7, 11) is 1.66. The third-order valence-corrected chi connectivity index (χ3v) is 6.12. The van der Waals surface area contributed by atoms with Crippen molar-refractivity contribution in [2.45, 2.75) is 12.5 Å². The molecule has 7 heteroatoms. The molecule has 0 aliphatic carbocycles. The molecule has 0 saturated heterocycles. The molecule has 5 nitrogen and oxygen atoms in total. The van der Waals surface area contributed by atoms with E-state index in [1.807, 2.05) is 71.1 Å². The van der Waals surface area contributed by atoms with Crippen molar-refractivity contribution in [3.05, 3.63) is 88.7 Å². The first-order valence-corrected chi connectivity index (χ1v) is 10.7. The van der Waals surface area contributed by atoms with E-state index in [1.165, 1.54) is 0 Å². The van der Waals surface area contributed by atoms with Crippen molar-refractivity contribution in [2.75, 3.05) is 12.1 Å². The Morgan fingerprint density at radius 2 is 1.83 bits per heavy atom. The maximum absolute atomic E-state index is 6.02. The van der Waals surface area contributed by atoms with E-state index in [0.29, 0.717) is 5.02 Å². The number of methoxy groups -OCH3 is 1. The summed E-state index contributed by atoms with van der Waals surface area (Å²) in [6, 6.07) is 19.5. The maximum atomic E-state index is 6.02. The summed E-state index contributed by atoms with van der Waals surface area (Å²) in [6.07, 6.45) is 2.43. The molecule has 0 bridgehead atoms. The SMILES string of the molecule is COc1ccc(C2=NN(c3nc(-c4ccc(Cl)cc4)cs3)[C@H](c3ccco3)C2)cc1. The van der Waals surface area contributed by atoms with Gasteiger partial charge in [-0.2, -0.15) is 5.10 Å². The average molecular weight is 436 g/mol. The van der Waals surface area contributed by atoms with E-state index in [1.54, 1.807) is 24.7 Å². The highest BCUT2D eigenvalue weighted by Gasteiger charge is 2.33. The number of halogens is 1. The lowest BCUT2D eigenvalue weighted by Gasteiger charge is -2.18. The Balaban J connectivity index is 1.50. The minimum absolute atomic E-state index is 0.0404. The van der Waals surface area contributed by atoms with Gasteiger partial charge >= 0.3 is 0 Å². The van der Waals surface area contributed by atoms with E-state index in [2.05, 4.69) is 0 Å². The summed E-state index contributed by atoms with van der Waals surface area (Å²) in [5.74, 6) is 1.69. The first-order chi connectivity index (χ1) is 14.7. The van der Waals surface area contributed by atoms with Gasteiger partial charge in [0.2, 0.25) is 5.13 Å². The molecule has 5 rings (SSSR count). The Labute approximate surface area is 183 Å². The topological polar surface area (TPSA) is 50.9 Å². The van der Waals surface area contributed by atoms with Gasteiger partial charge in [0, 0.05) is 22.4 Å². The van der Waals surface area contributed by atoms with Crippen molar-refractivity contribution in [1.29, 1.82) is 0 Å². The number of nitrogens with zero attached hydrogens (tertiary/aromatic N) is 3. The zero-order valence-corrected chi connectivity index (χ0v) is 17.7. The van der Waals surface area contributed by atoms with Crippen molar-refractivity contribution < 1.29 is 9.15 Å². The lowest BCUT2D eigenvalue weighted by atomic mass is 10.0. The van der Waals surface area contributed by atoms with E-state index < -0.39 is 0 Å². The second-order valence-corrected chi connectivity index (χ2v) is 8.15. The van der Waals surface area contributed by atoms with Crippen molar-refractivity contribution in [3.63, 3.8) is 0 Å². The lowest BCUT2D eigenvalue weighted by molar-refractivity contribution is 0.415. The summed E-state index contributed by atoms with van der Waals surface area (Å²) >= 11 is 7.58. The number of thiazole rings is 1. The summed E-state index contributed by atoms with van der Waals surface area (Å²) in [5, 5.41) is 10.5. The van der Waals surface area contributed by atoms with Gasteiger partial charge in [0.15, 0.2) is 0 Å². The fraction of sp³-hybridized carbons (Fsp3) is 0.130. The van der Waals surface area contributed by atoms with Gasteiger partial charge < -0.3 is 9.15 Å². The van der Waals surface area contributed by atoms with E-state index in [-0.39, 0.29) is 6.04 Å². The van der Waals surface area contributed by atoms with E-state index in [0.717, 1.165) is 45.6 Å². The summed E-state index contributed by atoms with van der Waals surface area (Å²) < 4.78 is 11.0. The Morgan fingerprint density at radius 3 is 2.53 bits per heavy atom. The highest BCUT2D eigenvalue weighted by Crippen LogP contribution is 2.39. The predicted molar refractivity (Wildman–Crippen MR) is 121 cm³/mol. The van der Waals surface area contributed by atoms with Crippen LogP contribution in [0.3, 0.4) is 0 Å². The molecular weight excluding hydrogens is 418 g/mol. The minimum Gasteiger partial charge on any atom is -0.497 e. The molecule has 1 aliphatic heterocycles. The second kappa shape index (κ2) is 7.97. The quantitative estimate of drug-likeness (QED) is 0.363. The van der Waals surface area contributed by atoms with Gasteiger partial charge in [0.1, 0.15) is 17.6 Å². The van der Waals surface area contributed by atoms with Crippen LogP contribution in [0.2, 0.25) is 5.02 Å². The monoisotopic (exact) mass is 435 g/mol. The van der Waals surface area contributed by atoms with E-state index in [9.17, 15) is 0 Å². The Bertz CT molecular complexity index is 1170. The van der Waals surface area contributed by atoms with Crippen LogP contribution in [0, 0.1) is 0 Å². The first kappa shape index (κ1) is 18.9. The molecule has 2 aromatic carbocycles. The van der Waals surface area contributed by atoms with Crippen molar-refractivity contribution in [3.8, 4) is 17.0 Å². The molecule has 0 N–H and O–H groups in total. The number of hydrogen-bond donors (Lipinski definition) is 0. The Kier molecular flexibility index (Phi) is 5.02. The summed E-state index contributed by atoms with van der Waals surface area (Å²) in [4.78, 5) is 4.84. The summed E-state index contributed by atoms with van der Waals surface area (Å²) in [6.45, 7) is 0. The molecule has 0 amide bonds. The molecule has 0 spiro atoms. The van der Waals surface area contributed by atoms with Crippen molar-refractivity contribution in [2.24, 2.45) is 5.10 Å². The van der Waals surface area contributed by atoms with Crippen LogP contribution in [-0.2, 0) is 0 Å². The number of aromatic nitrogens is 1. The second-order valence-electron chi connectivity index (χ2n) is 6.88. The van der Waals surface area contributed by atoms with Gasteiger partial charge in [0.05, 0.1) is 24.8 Å². The fourth-order valence-electron chi connectivity index (χ4n) is 3.47. The molecule has 1 atom stereocenters. The number of hydrogen-bond acceptors (Lipinski definition) is 6. The normalized spacial score (nSPS) is 16.0. The fourth-order valence-corrected chi connectivity index (χ4v) is 4.43. The number of furan rings is 1. The van der Waals surface area contributed by atoms with Gasteiger partial charge in [-0.25, -0.2) is 9.99 Å². The van der Waals surface area contributed by atoms with Crippen molar-refractivity contribution in [1.82, 2.24) is 4.98 Å². The molecule has 0 radical (unpaired) electrons. The minimum atomic E-state index is -0.0404. The van der Waals surface area contributed by atoms with Crippen LogP contribution in [0.5, 0.6) is 5.75 Å². The van der Waals surface area contributed by atoms with Gasteiger partial charge in [0.25, 0.3) is 0 Å². The first-order valence-electron chi connectivity index (χ1n) is 9.47. The van der Waals surface area contributed by atoms with Gasteiger partial charge in [-0.15, -0.1) is 11.3 Å². The molecule has 1 aliphatic rings. The highest BCUT2D eigenvalue weighted by molar-refractivity contribution is 7.14. The molecule has 0 fully saturated rings. The van der Waals surface area contributed by atoms with Crippen LogP contribution in [-0.4, -0.2) is 17.8 Å². The zero-order valence-electron chi connectivity index (χ0n) is 16.2. The standard InChI is InChI=1S/C23H18ClN3O2S/c1-28-18-10-6-15(7-11-18)19-13-21(22-3-2-12-29-22)27(26-19)23-25-20(14-30-23)16-4-8-17(24)9-5-16/h2-12,14,21H,13H2,1H3/t21-/m0/s1. The van der Waals surface area contributed by atoms with Crippen LogP contribution >= 0.6 is 22.9 Å². The van der Waals surface area contributed by atoms with Gasteiger partial charge in [-0.1, -0.05) is 23.7 Å². The number of rotatable bonds is 5. The van der Waals surface area contributed by atoms with E-state index in [4.69, 9.17) is 30.8 Å². The van der Waals surface area contributed by atoms with Crippen LogP contribution in [0.25, 0.3) is 11.3 Å². The maximum Gasteiger partial charge on any atom is 0.207 e. The van der Waals surface area contributed by atoms with Gasteiger partial charge in [-0.3, -0.25) is 0 Å². The number of benzene rings is 2. The average Bonchev–Trinajstić information content (AvgIpc) is 3.54. The largest absolute Gasteiger partial charge is 0.497 e. The smallest absolute Gasteiger partial charge is 0.207 e. The predicted octanol–water partition coefficient (Wildman–Crippen LogP) is 6.42. The molecular formula is C23H18ClN3O2S. The molecule has 0 unspecified atom stereocenters. The molecule has 0 saturated carbocycles. The highest BCUT2D eigenvalue weighted by atomic mass is 35.5.